The fourth-order valence-corrected chi connectivity index (χ4v) is 1.75. The molecule has 1 aliphatic rings. The van der Waals surface area contributed by atoms with Crippen LogP contribution in [0.5, 0.6) is 0 Å². The van der Waals surface area contributed by atoms with Gasteiger partial charge in [-0.15, -0.1) is 0 Å². The Morgan fingerprint density at radius 2 is 1.93 bits per heavy atom. The monoisotopic (exact) mass is 220 g/mol. The molecule has 1 aliphatic heterocycles. The number of rotatable bonds is 1. The minimum absolute atomic E-state index is 0.000216. The van der Waals surface area contributed by atoms with Crippen molar-refractivity contribution in [1.29, 1.82) is 0 Å². The van der Waals surface area contributed by atoms with Crippen LogP contribution in [0.1, 0.15) is 12.8 Å². The Morgan fingerprint density at radius 1 is 1.43 bits per heavy atom. The van der Waals surface area contributed by atoms with E-state index in [9.17, 15) is 9.59 Å². The van der Waals surface area contributed by atoms with E-state index in [2.05, 4.69) is 0 Å². The lowest BCUT2D eigenvalue weighted by Crippen LogP contribution is -2.45. The first kappa shape index (κ1) is 11.1. The Kier molecular flexibility index (Phi) is 3.57. The van der Waals surface area contributed by atoms with Crippen LogP contribution < -0.4 is 0 Å². The summed E-state index contributed by atoms with van der Waals surface area (Å²) in [5.41, 5.74) is 0. The van der Waals surface area contributed by atoms with Crippen molar-refractivity contribution in [3.63, 3.8) is 0 Å². The van der Waals surface area contributed by atoms with E-state index in [1.54, 1.807) is 7.05 Å². The molecule has 2 amide bonds. The highest BCUT2D eigenvalue weighted by Gasteiger charge is 2.26. The molecule has 0 aromatic carbocycles. The quantitative estimate of drug-likeness (QED) is 0.537. The van der Waals surface area contributed by atoms with Crippen molar-refractivity contribution >= 4 is 23.1 Å². The van der Waals surface area contributed by atoms with Gasteiger partial charge in [-0.1, -0.05) is 0 Å². The maximum atomic E-state index is 10.8. The molecular weight excluding hydrogens is 208 g/mol. The van der Waals surface area contributed by atoms with Gasteiger partial charge in [-0.25, -0.2) is 4.79 Å². The molecule has 80 valence electrons. The lowest BCUT2D eigenvalue weighted by molar-refractivity contribution is 0.114. The summed E-state index contributed by atoms with van der Waals surface area (Å²) in [6.07, 6.45) is 0.378. The Balaban J connectivity index is 2.43. The van der Waals surface area contributed by atoms with Crippen molar-refractivity contribution < 1.29 is 14.7 Å². The fraction of sp³-hybridized carbons (Fsp3) is 0.750. The van der Waals surface area contributed by atoms with E-state index in [1.165, 1.54) is 9.80 Å². The SMILES string of the molecule is CN(C(=O)O)C1CCN(C(=O)Cl)CC1. The molecule has 6 heteroatoms. The third-order valence-corrected chi connectivity index (χ3v) is 2.80. The summed E-state index contributed by atoms with van der Waals surface area (Å²) >= 11 is 5.30. The van der Waals surface area contributed by atoms with Gasteiger partial charge in [0.2, 0.25) is 0 Å². The third kappa shape index (κ3) is 2.51. The second kappa shape index (κ2) is 4.50. The highest BCUT2D eigenvalue weighted by atomic mass is 35.5. The van der Waals surface area contributed by atoms with Gasteiger partial charge in [-0.3, -0.25) is 4.79 Å². The van der Waals surface area contributed by atoms with E-state index < -0.39 is 11.5 Å². The molecule has 0 spiro atoms. The Morgan fingerprint density at radius 3 is 2.29 bits per heavy atom. The molecule has 0 radical (unpaired) electrons. The van der Waals surface area contributed by atoms with Crippen molar-refractivity contribution in [2.45, 2.75) is 18.9 Å². The van der Waals surface area contributed by atoms with Gasteiger partial charge in [0.05, 0.1) is 0 Å². The second-order valence-corrected chi connectivity index (χ2v) is 3.69. The minimum atomic E-state index is -0.930. The number of carbonyl (C=O) groups excluding carboxylic acids is 1. The van der Waals surface area contributed by atoms with Gasteiger partial charge >= 0.3 is 11.5 Å². The summed E-state index contributed by atoms with van der Waals surface area (Å²) < 4.78 is 0. The number of carbonyl (C=O) groups is 2. The Bertz CT molecular complexity index is 239. The molecule has 0 bridgehead atoms. The van der Waals surface area contributed by atoms with Crippen LogP contribution in [-0.2, 0) is 0 Å². The van der Waals surface area contributed by atoms with Crippen molar-refractivity contribution in [2.24, 2.45) is 0 Å². The summed E-state index contributed by atoms with van der Waals surface area (Å²) in [7, 11) is 1.55. The molecular formula is C8H13ClN2O3. The van der Waals surface area contributed by atoms with Crippen LogP contribution >= 0.6 is 11.6 Å². The number of nitrogens with zero attached hydrogens (tertiary/aromatic N) is 2. The number of piperidine rings is 1. The summed E-state index contributed by atoms with van der Waals surface area (Å²) in [4.78, 5) is 24.2. The zero-order valence-corrected chi connectivity index (χ0v) is 8.70. The number of halogens is 1. The van der Waals surface area contributed by atoms with E-state index in [0.717, 1.165) is 0 Å². The molecule has 5 nitrogen and oxygen atoms in total. The lowest BCUT2D eigenvalue weighted by Gasteiger charge is -2.34. The molecule has 1 heterocycles. The van der Waals surface area contributed by atoms with E-state index >= 15 is 0 Å². The van der Waals surface area contributed by atoms with Gasteiger partial charge in [0.15, 0.2) is 0 Å². The molecule has 0 aromatic rings. The fourth-order valence-electron chi connectivity index (χ4n) is 1.59. The molecule has 0 atom stereocenters. The normalized spacial score (nSPS) is 18.0. The highest BCUT2D eigenvalue weighted by molar-refractivity contribution is 6.62. The molecule has 1 saturated heterocycles. The molecule has 1 N–H and O–H groups in total. The average molecular weight is 221 g/mol. The molecule has 0 saturated carbocycles. The standard InChI is InChI=1S/C8H13ClN2O3/c1-10(8(13)14)6-2-4-11(5-3-6)7(9)12/h6H,2-5H2,1H3,(H,13,14). The number of amides is 2. The van der Waals surface area contributed by atoms with Crippen LogP contribution in [0.4, 0.5) is 9.59 Å². The van der Waals surface area contributed by atoms with Gasteiger partial charge in [0, 0.05) is 26.2 Å². The zero-order chi connectivity index (χ0) is 10.7. The van der Waals surface area contributed by atoms with Crippen LogP contribution in [0, 0.1) is 0 Å². The van der Waals surface area contributed by atoms with Crippen LogP contribution in [0.3, 0.4) is 0 Å². The van der Waals surface area contributed by atoms with E-state index in [-0.39, 0.29) is 6.04 Å². The van der Waals surface area contributed by atoms with Crippen molar-refractivity contribution in [3.05, 3.63) is 0 Å². The summed E-state index contributed by atoms with van der Waals surface area (Å²) in [5.74, 6) is 0. The molecule has 0 unspecified atom stereocenters. The first-order chi connectivity index (χ1) is 6.52. The summed E-state index contributed by atoms with van der Waals surface area (Å²) in [5, 5.41) is 8.27. The number of likely N-dealkylation sites (tertiary alicyclic amines) is 1. The highest BCUT2D eigenvalue weighted by Crippen LogP contribution is 2.16. The molecule has 14 heavy (non-hydrogen) atoms. The Labute approximate surface area is 87.2 Å². The first-order valence-corrected chi connectivity index (χ1v) is 4.80. The van der Waals surface area contributed by atoms with E-state index in [4.69, 9.17) is 16.7 Å². The predicted octanol–water partition coefficient (Wildman–Crippen LogP) is 1.42. The number of carboxylic acid groups (broad SMARTS) is 1. The smallest absolute Gasteiger partial charge is 0.407 e. The Hall–Kier alpha value is -0.970. The predicted molar refractivity (Wildman–Crippen MR) is 51.6 cm³/mol. The number of hydrogen-bond donors (Lipinski definition) is 1. The lowest BCUT2D eigenvalue weighted by atomic mass is 10.0. The topological polar surface area (TPSA) is 60.9 Å². The van der Waals surface area contributed by atoms with Gasteiger partial charge in [0.1, 0.15) is 0 Å². The summed E-state index contributed by atoms with van der Waals surface area (Å²) in [6, 6.07) is -0.000216. The largest absolute Gasteiger partial charge is 0.465 e. The van der Waals surface area contributed by atoms with Crippen LogP contribution in [0.2, 0.25) is 0 Å². The average Bonchev–Trinajstić information content (AvgIpc) is 2.16. The molecule has 1 rings (SSSR count). The van der Waals surface area contributed by atoms with E-state index in [0.29, 0.717) is 25.9 Å². The van der Waals surface area contributed by atoms with Crippen LogP contribution in [0.25, 0.3) is 0 Å². The maximum Gasteiger partial charge on any atom is 0.407 e. The van der Waals surface area contributed by atoms with E-state index in [1.807, 2.05) is 0 Å². The van der Waals surface area contributed by atoms with Gasteiger partial charge in [0.25, 0.3) is 0 Å². The number of hydrogen-bond acceptors (Lipinski definition) is 2. The molecule has 1 fully saturated rings. The van der Waals surface area contributed by atoms with Gasteiger partial charge in [-0.2, -0.15) is 0 Å². The zero-order valence-electron chi connectivity index (χ0n) is 7.94. The third-order valence-electron chi connectivity index (χ3n) is 2.56. The van der Waals surface area contributed by atoms with Crippen molar-refractivity contribution in [1.82, 2.24) is 9.80 Å². The van der Waals surface area contributed by atoms with Gasteiger partial charge < -0.3 is 14.9 Å². The van der Waals surface area contributed by atoms with Crippen LogP contribution in [0.15, 0.2) is 0 Å². The van der Waals surface area contributed by atoms with Crippen molar-refractivity contribution in [3.8, 4) is 0 Å². The van der Waals surface area contributed by atoms with Crippen LogP contribution in [-0.4, -0.2) is 52.5 Å². The molecule has 0 aromatic heterocycles. The van der Waals surface area contributed by atoms with Crippen molar-refractivity contribution in [2.75, 3.05) is 20.1 Å². The summed E-state index contributed by atoms with van der Waals surface area (Å²) in [6.45, 7) is 1.06. The first-order valence-electron chi connectivity index (χ1n) is 4.42. The molecule has 0 aliphatic carbocycles. The van der Waals surface area contributed by atoms with Gasteiger partial charge in [-0.05, 0) is 24.4 Å². The minimum Gasteiger partial charge on any atom is -0.465 e. The maximum absolute atomic E-state index is 10.8. The second-order valence-electron chi connectivity index (χ2n) is 3.36.